The topological polar surface area (TPSA) is 117 Å². The number of hydrogen-bond donors (Lipinski definition) is 0. The molecule has 1 aromatic carbocycles. The van der Waals surface area contributed by atoms with Gasteiger partial charge in [-0.15, -0.1) is 0 Å². The summed E-state index contributed by atoms with van der Waals surface area (Å²) in [5, 5.41) is 10.9. The summed E-state index contributed by atoms with van der Waals surface area (Å²) < 4.78 is 7.25. The molecule has 0 radical (unpaired) electrons. The molecule has 1 amide bonds. The van der Waals surface area contributed by atoms with E-state index in [9.17, 15) is 14.9 Å². The number of carbonyl (C=O) groups excluding carboxylic acids is 1. The van der Waals surface area contributed by atoms with Gasteiger partial charge in [0.1, 0.15) is 17.6 Å². The van der Waals surface area contributed by atoms with Crippen LogP contribution in [0.15, 0.2) is 54.0 Å². The predicted molar refractivity (Wildman–Crippen MR) is 167 cm³/mol. The van der Waals surface area contributed by atoms with Gasteiger partial charge in [-0.1, -0.05) is 32.6 Å². The van der Waals surface area contributed by atoms with Gasteiger partial charge < -0.3 is 14.5 Å². The van der Waals surface area contributed by atoms with Crippen LogP contribution < -0.4 is 15.3 Å². The lowest BCUT2D eigenvalue weighted by Crippen LogP contribution is -2.54. The SMILES string of the molecule is C=CC(=O)N1CCN(c2nc(=O)n(-c3c(C)ccnc3C(C)C)c3nc(-c4cccc(C)c4OC)c(C#N)cc23)[C@@H](C)C1. The van der Waals surface area contributed by atoms with Crippen LogP contribution in [0.2, 0.25) is 0 Å². The molecule has 4 heterocycles. The molecule has 0 spiro atoms. The summed E-state index contributed by atoms with van der Waals surface area (Å²) in [7, 11) is 1.59. The zero-order chi connectivity index (χ0) is 31.0. The standard InChI is InChI=1S/C33H35N7O3/c1-8-26(41)38-14-15-39(22(6)18-38)31-25-16-23(17-34)28(24-11-9-10-21(5)30(24)43-7)36-32(25)40(33(42)37-31)29-20(4)12-13-35-27(29)19(2)3/h8-13,16,19,22H,1,14-15,18H2,2-7H3/t22-/m0/s1. The smallest absolute Gasteiger partial charge is 0.355 e. The summed E-state index contributed by atoms with van der Waals surface area (Å²) >= 11 is 0. The minimum Gasteiger partial charge on any atom is -0.496 e. The molecular weight excluding hydrogens is 542 g/mol. The number of nitriles is 1. The number of nitrogens with zero attached hydrogens (tertiary/aromatic N) is 7. The summed E-state index contributed by atoms with van der Waals surface area (Å²) in [5.41, 5.74) is 4.35. The first-order valence-electron chi connectivity index (χ1n) is 14.3. The summed E-state index contributed by atoms with van der Waals surface area (Å²) in [6.45, 7) is 14.8. The van der Waals surface area contributed by atoms with Crippen LogP contribution in [-0.4, -0.2) is 63.1 Å². The minimum atomic E-state index is -0.503. The lowest BCUT2D eigenvalue weighted by molar-refractivity contribution is -0.126. The highest BCUT2D eigenvalue weighted by Gasteiger charge is 2.30. The van der Waals surface area contributed by atoms with E-state index in [0.717, 1.165) is 16.8 Å². The van der Waals surface area contributed by atoms with Crippen LogP contribution in [-0.2, 0) is 4.79 Å². The number of rotatable bonds is 6. The van der Waals surface area contributed by atoms with Crippen LogP contribution in [0.5, 0.6) is 5.75 Å². The van der Waals surface area contributed by atoms with E-state index in [2.05, 4.69) is 22.6 Å². The van der Waals surface area contributed by atoms with Crippen LogP contribution in [0.1, 0.15) is 49.1 Å². The highest BCUT2D eigenvalue weighted by molar-refractivity contribution is 5.93. The Bertz CT molecular complexity index is 1850. The summed E-state index contributed by atoms with van der Waals surface area (Å²) in [6, 6.07) is 11.5. The quantitative estimate of drug-likeness (QED) is 0.303. The Balaban J connectivity index is 1.87. The van der Waals surface area contributed by atoms with Gasteiger partial charge in [0.15, 0.2) is 5.65 Å². The van der Waals surface area contributed by atoms with Gasteiger partial charge in [-0.05, 0) is 62.1 Å². The van der Waals surface area contributed by atoms with Gasteiger partial charge in [0.05, 0.1) is 35.1 Å². The number of anilines is 1. The van der Waals surface area contributed by atoms with Crippen molar-refractivity contribution in [2.24, 2.45) is 0 Å². The second-order valence-electron chi connectivity index (χ2n) is 11.1. The highest BCUT2D eigenvalue weighted by atomic mass is 16.5. The van der Waals surface area contributed by atoms with E-state index in [-0.39, 0.29) is 17.9 Å². The van der Waals surface area contributed by atoms with E-state index in [1.165, 1.54) is 10.6 Å². The average molecular weight is 578 g/mol. The molecule has 0 saturated carbocycles. The Morgan fingerprint density at radius 3 is 2.60 bits per heavy atom. The molecule has 43 heavy (non-hydrogen) atoms. The van der Waals surface area contributed by atoms with Gasteiger partial charge in [0.25, 0.3) is 0 Å². The van der Waals surface area contributed by atoms with Gasteiger partial charge in [0, 0.05) is 37.4 Å². The summed E-state index contributed by atoms with van der Waals surface area (Å²) in [4.78, 5) is 44.5. The molecule has 10 nitrogen and oxygen atoms in total. The molecule has 1 fully saturated rings. The number of benzene rings is 1. The first kappa shape index (κ1) is 29.5. The van der Waals surface area contributed by atoms with Crippen LogP contribution in [0, 0.1) is 25.2 Å². The van der Waals surface area contributed by atoms with E-state index in [0.29, 0.717) is 64.7 Å². The number of carbonyl (C=O) groups is 1. The van der Waals surface area contributed by atoms with Gasteiger partial charge in [-0.3, -0.25) is 9.78 Å². The third-order valence-electron chi connectivity index (χ3n) is 7.95. The van der Waals surface area contributed by atoms with E-state index in [1.807, 2.05) is 63.8 Å². The largest absolute Gasteiger partial charge is 0.496 e. The van der Waals surface area contributed by atoms with Crippen molar-refractivity contribution >= 4 is 22.8 Å². The molecule has 1 aliphatic heterocycles. The Hall–Kier alpha value is -5.04. The molecule has 3 aromatic heterocycles. The first-order valence-corrected chi connectivity index (χ1v) is 14.3. The van der Waals surface area contributed by atoms with Crippen molar-refractivity contribution in [1.29, 1.82) is 5.26 Å². The molecule has 10 heteroatoms. The Morgan fingerprint density at radius 2 is 1.95 bits per heavy atom. The highest BCUT2D eigenvalue weighted by Crippen LogP contribution is 2.37. The monoisotopic (exact) mass is 577 g/mol. The lowest BCUT2D eigenvalue weighted by Gasteiger charge is -2.40. The van der Waals surface area contributed by atoms with E-state index in [4.69, 9.17) is 9.72 Å². The third kappa shape index (κ3) is 5.12. The second-order valence-corrected chi connectivity index (χ2v) is 11.1. The number of amides is 1. The fraction of sp³-hybridized carbons (Fsp3) is 0.333. The van der Waals surface area contributed by atoms with Crippen molar-refractivity contribution in [3.05, 3.63) is 82.1 Å². The maximum atomic E-state index is 14.1. The van der Waals surface area contributed by atoms with Gasteiger partial charge in [-0.2, -0.15) is 10.2 Å². The fourth-order valence-corrected chi connectivity index (χ4v) is 5.84. The van der Waals surface area contributed by atoms with E-state index in [1.54, 1.807) is 24.3 Å². The zero-order valence-corrected chi connectivity index (χ0v) is 25.4. The Morgan fingerprint density at radius 1 is 1.19 bits per heavy atom. The lowest BCUT2D eigenvalue weighted by atomic mass is 10.0. The number of pyridine rings is 2. The van der Waals surface area contributed by atoms with Crippen LogP contribution in [0.3, 0.4) is 0 Å². The Kier molecular flexibility index (Phi) is 8.00. The molecule has 0 unspecified atom stereocenters. The number of methoxy groups -OCH3 is 1. The normalized spacial score (nSPS) is 15.1. The first-order chi connectivity index (χ1) is 20.6. The predicted octanol–water partition coefficient (Wildman–Crippen LogP) is 4.69. The molecule has 1 saturated heterocycles. The molecule has 1 atom stereocenters. The van der Waals surface area contributed by atoms with Gasteiger partial charge in [-0.25, -0.2) is 14.3 Å². The number of hydrogen-bond acceptors (Lipinski definition) is 8. The molecule has 0 bridgehead atoms. The summed E-state index contributed by atoms with van der Waals surface area (Å²) in [6.07, 6.45) is 3.04. The van der Waals surface area contributed by atoms with E-state index < -0.39 is 5.69 Å². The van der Waals surface area contributed by atoms with Crippen molar-refractivity contribution in [3.63, 3.8) is 0 Å². The van der Waals surface area contributed by atoms with Crippen LogP contribution in [0.25, 0.3) is 28.0 Å². The van der Waals surface area contributed by atoms with Gasteiger partial charge >= 0.3 is 5.69 Å². The number of aromatic nitrogens is 4. The number of piperazine rings is 1. The number of ether oxygens (including phenoxy) is 1. The maximum Gasteiger partial charge on any atom is 0.355 e. The molecule has 0 aliphatic carbocycles. The van der Waals surface area contributed by atoms with Crippen molar-refractivity contribution in [1.82, 2.24) is 24.4 Å². The third-order valence-corrected chi connectivity index (χ3v) is 7.95. The van der Waals surface area contributed by atoms with Crippen molar-refractivity contribution in [2.45, 2.75) is 46.6 Å². The molecule has 220 valence electrons. The minimum absolute atomic E-state index is 0.0155. The molecule has 5 rings (SSSR count). The molecule has 0 N–H and O–H groups in total. The average Bonchev–Trinajstić information content (AvgIpc) is 2.99. The summed E-state index contributed by atoms with van der Waals surface area (Å²) in [5.74, 6) is 0.903. The fourth-order valence-electron chi connectivity index (χ4n) is 5.84. The molecular formula is C33H35N7O3. The molecule has 4 aromatic rings. The van der Waals surface area contributed by atoms with E-state index >= 15 is 0 Å². The van der Waals surface area contributed by atoms with Crippen molar-refractivity contribution in [3.8, 4) is 28.8 Å². The van der Waals surface area contributed by atoms with Crippen molar-refractivity contribution < 1.29 is 9.53 Å². The maximum absolute atomic E-state index is 14.1. The number of fused-ring (bicyclic) bond motifs is 1. The zero-order valence-electron chi connectivity index (χ0n) is 25.4. The van der Waals surface area contributed by atoms with Crippen LogP contribution >= 0.6 is 0 Å². The number of para-hydroxylation sites is 1. The van der Waals surface area contributed by atoms with Crippen molar-refractivity contribution in [2.75, 3.05) is 31.6 Å². The van der Waals surface area contributed by atoms with Gasteiger partial charge in [0.2, 0.25) is 5.91 Å². The number of aryl methyl sites for hydroxylation is 2. The Labute approximate surface area is 250 Å². The second kappa shape index (κ2) is 11.7. The van der Waals surface area contributed by atoms with Crippen LogP contribution in [0.4, 0.5) is 5.82 Å². The molecule has 1 aliphatic rings.